The lowest BCUT2D eigenvalue weighted by atomic mass is 10.1. The Morgan fingerprint density at radius 3 is 2.55 bits per heavy atom. The topological polar surface area (TPSA) is 51.7 Å². The molecule has 0 atom stereocenters. The Morgan fingerprint density at radius 2 is 2.00 bits per heavy atom. The number of likely N-dealkylation sites (tertiary alicyclic amines) is 1. The molecule has 2 rings (SSSR count). The molecule has 0 aliphatic carbocycles. The van der Waals surface area contributed by atoms with Crippen LogP contribution in [0.1, 0.15) is 39.2 Å². The van der Waals surface area contributed by atoms with Crippen molar-refractivity contribution in [3.05, 3.63) is 22.3 Å². The minimum absolute atomic E-state index is 0.0896. The molecule has 0 spiro atoms. The fraction of sp³-hybridized carbons (Fsp3) is 0.625. The lowest BCUT2D eigenvalue weighted by Crippen LogP contribution is -2.44. The van der Waals surface area contributed by atoms with Crippen LogP contribution in [-0.4, -0.2) is 40.8 Å². The summed E-state index contributed by atoms with van der Waals surface area (Å²) in [7, 11) is 0. The second-order valence-electron chi connectivity index (χ2n) is 6.56. The average Bonchev–Trinajstić information content (AvgIpc) is 2.42. The molecule has 0 N–H and O–H groups in total. The molecule has 1 fully saturated rings. The van der Waals surface area contributed by atoms with Crippen molar-refractivity contribution in [3.63, 3.8) is 0 Å². The quantitative estimate of drug-likeness (QED) is 0.791. The van der Waals surface area contributed by atoms with E-state index in [0.717, 1.165) is 22.9 Å². The molecule has 0 unspecified atom stereocenters. The van der Waals surface area contributed by atoms with E-state index in [-0.39, 0.29) is 12.2 Å². The first-order chi connectivity index (χ1) is 10.2. The van der Waals surface area contributed by atoms with Crippen molar-refractivity contribution in [1.82, 2.24) is 9.88 Å². The van der Waals surface area contributed by atoms with Crippen LogP contribution in [0.2, 0.25) is 0 Å². The summed E-state index contributed by atoms with van der Waals surface area (Å²) in [6.45, 7) is 8.93. The van der Waals surface area contributed by atoms with Gasteiger partial charge in [-0.2, -0.15) is 0 Å². The fourth-order valence-electron chi connectivity index (χ4n) is 2.23. The Labute approximate surface area is 140 Å². The van der Waals surface area contributed by atoms with Crippen LogP contribution in [0.25, 0.3) is 0 Å². The molecule has 1 amide bonds. The number of amides is 1. The number of ether oxygens (including phenoxy) is 2. The lowest BCUT2D eigenvalue weighted by Gasteiger charge is -2.33. The van der Waals surface area contributed by atoms with Crippen LogP contribution in [0.4, 0.5) is 4.79 Å². The molecular weight excluding hydrogens is 348 g/mol. The zero-order valence-corrected chi connectivity index (χ0v) is 15.1. The van der Waals surface area contributed by atoms with Gasteiger partial charge in [0.2, 0.25) is 5.88 Å². The molecule has 0 aromatic carbocycles. The third-order valence-electron chi connectivity index (χ3n) is 3.40. The van der Waals surface area contributed by atoms with Gasteiger partial charge in [0.05, 0.1) is 0 Å². The van der Waals surface area contributed by atoms with E-state index >= 15 is 0 Å². The predicted molar refractivity (Wildman–Crippen MR) is 88.1 cm³/mol. The van der Waals surface area contributed by atoms with Crippen LogP contribution < -0.4 is 4.74 Å². The number of piperidine rings is 1. The molecule has 2 heterocycles. The number of nitrogens with zero attached hydrogens (tertiary/aromatic N) is 2. The molecule has 5 nitrogen and oxygen atoms in total. The Balaban J connectivity index is 1.84. The number of hydrogen-bond donors (Lipinski definition) is 0. The van der Waals surface area contributed by atoms with E-state index in [1.54, 1.807) is 11.1 Å². The first-order valence-electron chi connectivity index (χ1n) is 7.51. The molecule has 122 valence electrons. The molecular formula is C16H23BrN2O3. The van der Waals surface area contributed by atoms with Crippen molar-refractivity contribution in [2.24, 2.45) is 0 Å². The zero-order valence-electron chi connectivity index (χ0n) is 13.6. The van der Waals surface area contributed by atoms with Crippen molar-refractivity contribution >= 4 is 22.0 Å². The van der Waals surface area contributed by atoms with E-state index in [2.05, 4.69) is 20.9 Å². The van der Waals surface area contributed by atoms with E-state index in [4.69, 9.17) is 9.47 Å². The summed E-state index contributed by atoms with van der Waals surface area (Å²) in [5, 5.41) is 0. The van der Waals surface area contributed by atoms with Crippen molar-refractivity contribution < 1.29 is 14.3 Å². The molecule has 1 saturated heterocycles. The number of rotatable bonds is 2. The van der Waals surface area contributed by atoms with Crippen molar-refractivity contribution in [3.8, 4) is 5.88 Å². The van der Waals surface area contributed by atoms with Gasteiger partial charge in [0.15, 0.2) is 0 Å². The highest BCUT2D eigenvalue weighted by Gasteiger charge is 2.27. The van der Waals surface area contributed by atoms with E-state index in [9.17, 15) is 4.79 Å². The highest BCUT2D eigenvalue weighted by molar-refractivity contribution is 9.10. The van der Waals surface area contributed by atoms with Crippen LogP contribution in [0, 0.1) is 6.92 Å². The van der Waals surface area contributed by atoms with Gasteiger partial charge in [-0.05, 0) is 49.2 Å². The minimum atomic E-state index is -0.455. The van der Waals surface area contributed by atoms with E-state index in [1.807, 2.05) is 33.8 Å². The summed E-state index contributed by atoms with van der Waals surface area (Å²) in [5.41, 5.74) is 0.639. The third kappa shape index (κ3) is 4.87. The van der Waals surface area contributed by atoms with Crippen LogP contribution in [0.5, 0.6) is 5.88 Å². The fourth-order valence-corrected chi connectivity index (χ4v) is 2.45. The smallest absolute Gasteiger partial charge is 0.410 e. The van der Waals surface area contributed by atoms with E-state index in [1.165, 1.54) is 0 Å². The van der Waals surface area contributed by atoms with Crippen molar-refractivity contribution in [2.45, 2.75) is 52.2 Å². The van der Waals surface area contributed by atoms with Gasteiger partial charge in [-0.15, -0.1) is 0 Å². The summed E-state index contributed by atoms with van der Waals surface area (Å²) >= 11 is 3.43. The maximum atomic E-state index is 12.0. The maximum absolute atomic E-state index is 12.0. The molecule has 1 aromatic rings. The Morgan fingerprint density at radius 1 is 1.36 bits per heavy atom. The summed E-state index contributed by atoms with van der Waals surface area (Å²) in [5.74, 6) is 0.636. The second kappa shape index (κ2) is 6.86. The van der Waals surface area contributed by atoms with Gasteiger partial charge in [0.25, 0.3) is 0 Å². The molecule has 1 aliphatic heterocycles. The molecule has 0 radical (unpaired) electrons. The summed E-state index contributed by atoms with van der Waals surface area (Å²) in [6.07, 6.45) is 3.17. The van der Waals surface area contributed by atoms with Crippen molar-refractivity contribution in [2.75, 3.05) is 13.1 Å². The van der Waals surface area contributed by atoms with Crippen LogP contribution >= 0.6 is 15.9 Å². The first-order valence-corrected chi connectivity index (χ1v) is 8.30. The number of aryl methyl sites for hydroxylation is 1. The molecule has 0 bridgehead atoms. The van der Waals surface area contributed by atoms with Gasteiger partial charge < -0.3 is 14.4 Å². The van der Waals surface area contributed by atoms with Crippen LogP contribution in [0.3, 0.4) is 0 Å². The highest BCUT2D eigenvalue weighted by atomic mass is 79.9. The Bertz CT molecular complexity index is 535. The summed E-state index contributed by atoms with van der Waals surface area (Å²) < 4.78 is 12.3. The average molecular weight is 371 g/mol. The van der Waals surface area contributed by atoms with Gasteiger partial charge >= 0.3 is 6.09 Å². The number of carbonyl (C=O) groups excluding carboxylic acids is 1. The maximum Gasteiger partial charge on any atom is 0.410 e. The SMILES string of the molecule is Cc1cc(OC2CCN(C(=O)OC(C)(C)C)CC2)ncc1Br. The first kappa shape index (κ1) is 17.1. The zero-order chi connectivity index (χ0) is 16.3. The Kier molecular flexibility index (Phi) is 5.32. The number of hydrogen-bond acceptors (Lipinski definition) is 4. The standard InChI is InChI=1S/C16H23BrN2O3/c1-11-9-14(18-10-13(11)17)21-12-5-7-19(8-6-12)15(20)22-16(2,3)4/h9-10,12H,5-8H2,1-4H3. The van der Waals surface area contributed by atoms with E-state index < -0.39 is 5.60 Å². The molecule has 0 saturated carbocycles. The molecule has 1 aliphatic rings. The monoisotopic (exact) mass is 370 g/mol. The van der Waals surface area contributed by atoms with Crippen molar-refractivity contribution in [1.29, 1.82) is 0 Å². The number of carbonyl (C=O) groups is 1. The third-order valence-corrected chi connectivity index (χ3v) is 4.23. The lowest BCUT2D eigenvalue weighted by molar-refractivity contribution is 0.0123. The summed E-state index contributed by atoms with van der Waals surface area (Å²) in [6, 6.07) is 1.92. The minimum Gasteiger partial charge on any atom is -0.474 e. The number of halogens is 1. The number of pyridine rings is 1. The second-order valence-corrected chi connectivity index (χ2v) is 7.41. The molecule has 6 heteroatoms. The van der Waals surface area contributed by atoms with Gasteiger partial charge in [-0.3, -0.25) is 0 Å². The van der Waals surface area contributed by atoms with E-state index in [0.29, 0.717) is 19.0 Å². The highest BCUT2D eigenvalue weighted by Crippen LogP contribution is 2.22. The van der Waals surface area contributed by atoms with Gasteiger partial charge in [-0.1, -0.05) is 0 Å². The molecule has 1 aromatic heterocycles. The predicted octanol–water partition coefficient (Wildman–Crippen LogP) is 3.93. The van der Waals surface area contributed by atoms with Crippen LogP contribution in [0.15, 0.2) is 16.7 Å². The van der Waals surface area contributed by atoms with Gasteiger partial charge in [0, 0.05) is 42.7 Å². The van der Waals surface area contributed by atoms with Gasteiger partial charge in [-0.25, -0.2) is 9.78 Å². The van der Waals surface area contributed by atoms with Crippen LogP contribution in [-0.2, 0) is 4.74 Å². The van der Waals surface area contributed by atoms with Gasteiger partial charge in [0.1, 0.15) is 11.7 Å². The Hall–Kier alpha value is -1.30. The summed E-state index contributed by atoms with van der Waals surface area (Å²) in [4.78, 5) is 18.0. The number of aromatic nitrogens is 1. The largest absolute Gasteiger partial charge is 0.474 e. The molecule has 22 heavy (non-hydrogen) atoms. The normalized spacial score (nSPS) is 16.5.